The summed E-state index contributed by atoms with van der Waals surface area (Å²) in [4.78, 5) is 19.9. The Balaban J connectivity index is 1.34. The van der Waals surface area contributed by atoms with Gasteiger partial charge in [0.05, 0.1) is 24.8 Å². The molecule has 1 aliphatic heterocycles. The van der Waals surface area contributed by atoms with Crippen LogP contribution in [-0.4, -0.2) is 40.7 Å². The monoisotopic (exact) mass is 473 g/mol. The first-order valence-electron chi connectivity index (χ1n) is 11.8. The van der Waals surface area contributed by atoms with Crippen LogP contribution in [0.1, 0.15) is 31.4 Å². The summed E-state index contributed by atoms with van der Waals surface area (Å²) in [5.74, 6) is 1.15. The highest BCUT2D eigenvalue weighted by molar-refractivity contribution is 5.81. The molecule has 1 saturated heterocycles. The van der Waals surface area contributed by atoms with Gasteiger partial charge in [-0.1, -0.05) is 24.3 Å². The van der Waals surface area contributed by atoms with Crippen LogP contribution in [0.3, 0.4) is 0 Å². The molecule has 3 heterocycles. The van der Waals surface area contributed by atoms with Crippen LogP contribution in [-0.2, 0) is 4.79 Å². The number of halogens is 1. The Morgan fingerprint density at radius 1 is 1.20 bits per heavy atom. The van der Waals surface area contributed by atoms with Gasteiger partial charge in [-0.2, -0.15) is 5.10 Å². The normalized spacial score (nSPS) is 16.8. The van der Waals surface area contributed by atoms with Gasteiger partial charge >= 0.3 is 0 Å². The molecule has 1 amide bonds. The highest BCUT2D eigenvalue weighted by Crippen LogP contribution is 2.30. The number of nitrogens with zero attached hydrogens (tertiary/aromatic N) is 4. The van der Waals surface area contributed by atoms with Crippen molar-refractivity contribution in [1.29, 1.82) is 0 Å². The standard InChI is InChI=1S/C27H28FN5O2/c1-18(19-8-10-22(28)11-9-19)30-27(34)21-6-4-13-32(17-21)26-25-16-24(31-33(25)14-12-29-26)20-5-3-7-23(15-20)35-2/h3,5,7-12,14-16,18,21H,4,6,13,17H2,1-2H3,(H,30,34). The van der Waals surface area contributed by atoms with Crippen LogP contribution in [0.15, 0.2) is 67.0 Å². The molecule has 0 bridgehead atoms. The fourth-order valence-corrected chi connectivity index (χ4v) is 4.62. The number of amides is 1. The lowest BCUT2D eigenvalue weighted by atomic mass is 9.96. The molecule has 2 unspecified atom stereocenters. The number of benzene rings is 2. The Morgan fingerprint density at radius 3 is 2.83 bits per heavy atom. The molecule has 2 aromatic heterocycles. The number of carbonyl (C=O) groups excluding carboxylic acids is 1. The third-order valence-corrected chi connectivity index (χ3v) is 6.56. The van der Waals surface area contributed by atoms with E-state index in [-0.39, 0.29) is 23.7 Å². The zero-order valence-corrected chi connectivity index (χ0v) is 19.8. The van der Waals surface area contributed by atoms with Crippen molar-refractivity contribution in [3.8, 4) is 17.0 Å². The number of methoxy groups -OCH3 is 1. The lowest BCUT2D eigenvalue weighted by Crippen LogP contribution is -2.44. The molecule has 180 valence electrons. The van der Waals surface area contributed by atoms with E-state index in [0.717, 1.165) is 53.3 Å². The van der Waals surface area contributed by atoms with Crippen molar-refractivity contribution in [2.45, 2.75) is 25.8 Å². The SMILES string of the molecule is COc1cccc(-c2cc3c(N4CCCC(C(=O)NC(C)c5ccc(F)cc5)C4)nccn3n2)c1. The first kappa shape index (κ1) is 22.8. The number of aromatic nitrogens is 3. The minimum Gasteiger partial charge on any atom is -0.497 e. The van der Waals surface area contributed by atoms with E-state index in [1.807, 2.05) is 48.0 Å². The molecule has 1 aliphatic rings. The Bertz CT molecular complexity index is 1340. The lowest BCUT2D eigenvalue weighted by Gasteiger charge is -2.33. The van der Waals surface area contributed by atoms with E-state index in [0.29, 0.717) is 6.54 Å². The van der Waals surface area contributed by atoms with Gasteiger partial charge in [-0.15, -0.1) is 0 Å². The summed E-state index contributed by atoms with van der Waals surface area (Å²) in [7, 11) is 1.65. The van der Waals surface area contributed by atoms with E-state index >= 15 is 0 Å². The lowest BCUT2D eigenvalue weighted by molar-refractivity contribution is -0.125. The summed E-state index contributed by atoms with van der Waals surface area (Å²) in [6.45, 7) is 3.32. The van der Waals surface area contributed by atoms with Gasteiger partial charge < -0.3 is 15.0 Å². The quantitative estimate of drug-likeness (QED) is 0.442. The smallest absolute Gasteiger partial charge is 0.225 e. The Morgan fingerprint density at radius 2 is 2.03 bits per heavy atom. The summed E-state index contributed by atoms with van der Waals surface area (Å²) in [5, 5.41) is 7.83. The molecule has 1 fully saturated rings. The van der Waals surface area contributed by atoms with Gasteiger partial charge in [0.2, 0.25) is 5.91 Å². The van der Waals surface area contributed by atoms with Crippen LogP contribution >= 0.6 is 0 Å². The number of hydrogen-bond acceptors (Lipinski definition) is 5. The number of hydrogen-bond donors (Lipinski definition) is 1. The molecule has 4 aromatic rings. The molecule has 2 aromatic carbocycles. The molecule has 2 atom stereocenters. The molecule has 7 nitrogen and oxygen atoms in total. The maximum absolute atomic E-state index is 13.2. The summed E-state index contributed by atoms with van der Waals surface area (Å²) in [5.41, 5.74) is 3.57. The van der Waals surface area contributed by atoms with Gasteiger partial charge in [-0.05, 0) is 55.7 Å². The van der Waals surface area contributed by atoms with Gasteiger partial charge in [0, 0.05) is 31.0 Å². The number of fused-ring (bicyclic) bond motifs is 1. The van der Waals surface area contributed by atoms with Gasteiger partial charge in [-0.3, -0.25) is 4.79 Å². The van der Waals surface area contributed by atoms with E-state index in [1.165, 1.54) is 12.1 Å². The van der Waals surface area contributed by atoms with E-state index in [2.05, 4.69) is 15.2 Å². The Labute approximate surface area is 203 Å². The highest BCUT2D eigenvalue weighted by atomic mass is 19.1. The van der Waals surface area contributed by atoms with Gasteiger partial charge in [0.25, 0.3) is 0 Å². The molecule has 35 heavy (non-hydrogen) atoms. The number of piperidine rings is 1. The van der Waals surface area contributed by atoms with Crippen molar-refractivity contribution in [3.63, 3.8) is 0 Å². The summed E-state index contributed by atoms with van der Waals surface area (Å²) >= 11 is 0. The molecule has 0 saturated carbocycles. The van der Waals surface area contributed by atoms with Gasteiger partial charge in [0.1, 0.15) is 17.1 Å². The third-order valence-electron chi connectivity index (χ3n) is 6.56. The molecular formula is C27H28FN5O2. The second kappa shape index (κ2) is 9.74. The minimum absolute atomic E-state index is 0.00375. The number of carbonyl (C=O) groups is 1. The maximum Gasteiger partial charge on any atom is 0.225 e. The number of ether oxygens (including phenoxy) is 1. The van der Waals surface area contributed by atoms with Crippen molar-refractivity contribution < 1.29 is 13.9 Å². The fraction of sp³-hybridized carbons (Fsp3) is 0.296. The average Bonchev–Trinajstić information content (AvgIpc) is 3.34. The Kier molecular flexibility index (Phi) is 6.35. The average molecular weight is 474 g/mol. The van der Waals surface area contributed by atoms with Crippen molar-refractivity contribution in [1.82, 2.24) is 19.9 Å². The summed E-state index contributed by atoms with van der Waals surface area (Å²) in [6, 6.07) is 15.9. The first-order valence-corrected chi connectivity index (χ1v) is 11.8. The number of nitrogens with one attached hydrogen (secondary N) is 1. The topological polar surface area (TPSA) is 71.8 Å². The van der Waals surface area contributed by atoms with Crippen LogP contribution in [0.5, 0.6) is 5.75 Å². The molecule has 0 spiro atoms. The van der Waals surface area contributed by atoms with E-state index < -0.39 is 0 Å². The Hall–Kier alpha value is -3.94. The van der Waals surface area contributed by atoms with Crippen molar-refractivity contribution in [2.75, 3.05) is 25.1 Å². The molecule has 1 N–H and O–H groups in total. The number of rotatable bonds is 6. The molecule has 5 rings (SSSR count). The van der Waals surface area contributed by atoms with Crippen LogP contribution in [0, 0.1) is 11.7 Å². The number of anilines is 1. The zero-order valence-electron chi connectivity index (χ0n) is 19.8. The largest absolute Gasteiger partial charge is 0.497 e. The van der Waals surface area contributed by atoms with Crippen LogP contribution in [0.4, 0.5) is 10.2 Å². The van der Waals surface area contributed by atoms with Crippen LogP contribution in [0.2, 0.25) is 0 Å². The predicted molar refractivity (Wildman–Crippen MR) is 133 cm³/mol. The van der Waals surface area contributed by atoms with Crippen molar-refractivity contribution in [3.05, 3.63) is 78.4 Å². The molecular weight excluding hydrogens is 445 g/mol. The fourth-order valence-electron chi connectivity index (χ4n) is 4.62. The summed E-state index contributed by atoms with van der Waals surface area (Å²) in [6.07, 6.45) is 5.28. The van der Waals surface area contributed by atoms with Gasteiger partial charge in [-0.25, -0.2) is 13.9 Å². The predicted octanol–water partition coefficient (Wildman–Crippen LogP) is 4.64. The van der Waals surface area contributed by atoms with E-state index in [9.17, 15) is 9.18 Å². The maximum atomic E-state index is 13.2. The minimum atomic E-state index is -0.286. The zero-order chi connectivity index (χ0) is 24.4. The van der Waals surface area contributed by atoms with E-state index in [1.54, 1.807) is 25.4 Å². The second-order valence-electron chi connectivity index (χ2n) is 8.91. The van der Waals surface area contributed by atoms with Gasteiger partial charge in [0.15, 0.2) is 5.82 Å². The molecule has 8 heteroatoms. The second-order valence-corrected chi connectivity index (χ2v) is 8.91. The van der Waals surface area contributed by atoms with Crippen LogP contribution in [0.25, 0.3) is 16.8 Å². The van der Waals surface area contributed by atoms with Crippen molar-refractivity contribution in [2.24, 2.45) is 5.92 Å². The first-order chi connectivity index (χ1) is 17.0. The highest BCUT2D eigenvalue weighted by Gasteiger charge is 2.28. The molecule has 0 radical (unpaired) electrons. The van der Waals surface area contributed by atoms with E-state index in [4.69, 9.17) is 9.84 Å². The van der Waals surface area contributed by atoms with Crippen molar-refractivity contribution >= 4 is 17.2 Å². The molecule has 0 aliphatic carbocycles. The summed E-state index contributed by atoms with van der Waals surface area (Å²) < 4.78 is 20.4. The third kappa shape index (κ3) is 4.82. The van der Waals surface area contributed by atoms with Crippen LogP contribution < -0.4 is 15.0 Å².